The molecular formula is C18H17Cl2NO4. The Morgan fingerprint density at radius 2 is 1.92 bits per heavy atom. The van der Waals surface area contributed by atoms with Crippen molar-refractivity contribution in [1.29, 1.82) is 0 Å². The molecule has 0 unspecified atom stereocenters. The maximum atomic E-state index is 12.1. The second-order valence-corrected chi connectivity index (χ2v) is 6.11. The number of nitrogens with one attached hydrogen (secondary N) is 1. The molecule has 0 bridgehead atoms. The van der Waals surface area contributed by atoms with Gasteiger partial charge in [-0.2, -0.15) is 0 Å². The fourth-order valence-electron chi connectivity index (χ4n) is 2.06. The van der Waals surface area contributed by atoms with E-state index >= 15 is 0 Å². The summed E-state index contributed by atoms with van der Waals surface area (Å²) in [7, 11) is 1.53. The molecule has 0 radical (unpaired) electrons. The molecule has 1 N–H and O–H groups in total. The fourth-order valence-corrected chi connectivity index (χ4v) is 2.53. The van der Waals surface area contributed by atoms with Crippen LogP contribution in [0.15, 0.2) is 42.5 Å². The molecule has 1 atom stereocenters. The standard InChI is InChI=1S/C18H17Cl2NO4/c1-11(18(23)21-14-4-3-5-15(10-14)24-2)25-17(22)8-12-6-7-13(19)9-16(12)20/h3-7,9-11H,8H2,1-2H3,(H,21,23)/t11-/m0/s1. The average Bonchev–Trinajstić information content (AvgIpc) is 2.57. The molecule has 0 saturated carbocycles. The molecule has 0 aromatic heterocycles. The van der Waals surface area contributed by atoms with Crippen LogP contribution in [0, 0.1) is 0 Å². The molecule has 0 aliphatic carbocycles. The highest BCUT2D eigenvalue weighted by molar-refractivity contribution is 6.35. The van der Waals surface area contributed by atoms with Gasteiger partial charge in [0.15, 0.2) is 6.10 Å². The molecule has 2 aromatic rings. The maximum Gasteiger partial charge on any atom is 0.311 e. The maximum absolute atomic E-state index is 12.1. The smallest absolute Gasteiger partial charge is 0.311 e. The number of carbonyl (C=O) groups excluding carboxylic acids is 2. The lowest BCUT2D eigenvalue weighted by molar-refractivity contribution is -0.152. The molecular weight excluding hydrogens is 365 g/mol. The van der Waals surface area contributed by atoms with Gasteiger partial charge in [-0.15, -0.1) is 0 Å². The largest absolute Gasteiger partial charge is 0.497 e. The second kappa shape index (κ2) is 8.74. The predicted octanol–water partition coefficient (Wildman–Crippen LogP) is 4.11. The number of hydrogen-bond donors (Lipinski definition) is 1. The Balaban J connectivity index is 1.92. The Kier molecular flexibility index (Phi) is 6.67. The first-order valence-electron chi connectivity index (χ1n) is 7.47. The topological polar surface area (TPSA) is 64.6 Å². The minimum atomic E-state index is -0.954. The number of halogens is 2. The number of amides is 1. The quantitative estimate of drug-likeness (QED) is 0.764. The lowest BCUT2D eigenvalue weighted by Crippen LogP contribution is -2.30. The lowest BCUT2D eigenvalue weighted by Gasteiger charge is -2.14. The molecule has 0 aliphatic rings. The molecule has 2 aromatic carbocycles. The lowest BCUT2D eigenvalue weighted by atomic mass is 10.1. The van der Waals surface area contributed by atoms with E-state index in [-0.39, 0.29) is 6.42 Å². The van der Waals surface area contributed by atoms with E-state index < -0.39 is 18.0 Å². The molecule has 0 saturated heterocycles. The summed E-state index contributed by atoms with van der Waals surface area (Å²) >= 11 is 11.8. The van der Waals surface area contributed by atoms with Gasteiger partial charge in [0.25, 0.3) is 5.91 Å². The highest BCUT2D eigenvalue weighted by Gasteiger charge is 2.19. The molecule has 7 heteroatoms. The van der Waals surface area contributed by atoms with Crippen molar-refractivity contribution in [3.63, 3.8) is 0 Å². The fraction of sp³-hybridized carbons (Fsp3) is 0.222. The third-order valence-electron chi connectivity index (χ3n) is 3.36. The summed E-state index contributed by atoms with van der Waals surface area (Å²) in [5.41, 5.74) is 1.13. The van der Waals surface area contributed by atoms with Gasteiger partial charge in [0, 0.05) is 21.8 Å². The molecule has 0 heterocycles. The minimum Gasteiger partial charge on any atom is -0.497 e. The summed E-state index contributed by atoms with van der Waals surface area (Å²) in [6.07, 6.45) is -1.00. The van der Waals surface area contributed by atoms with E-state index in [1.54, 1.807) is 42.5 Å². The number of rotatable bonds is 6. The predicted molar refractivity (Wildman–Crippen MR) is 97.3 cm³/mol. The Hall–Kier alpha value is -2.24. The van der Waals surface area contributed by atoms with Crippen LogP contribution in [0.5, 0.6) is 5.75 Å². The molecule has 1 amide bonds. The van der Waals surface area contributed by atoms with Crippen LogP contribution < -0.4 is 10.1 Å². The van der Waals surface area contributed by atoms with Gasteiger partial charge in [0.05, 0.1) is 13.5 Å². The molecule has 5 nitrogen and oxygen atoms in total. The Labute approximate surface area is 155 Å². The Morgan fingerprint density at radius 3 is 2.60 bits per heavy atom. The average molecular weight is 382 g/mol. The van der Waals surface area contributed by atoms with Crippen molar-refractivity contribution in [2.45, 2.75) is 19.4 Å². The third kappa shape index (κ3) is 5.66. The van der Waals surface area contributed by atoms with E-state index in [4.69, 9.17) is 32.7 Å². The van der Waals surface area contributed by atoms with Crippen molar-refractivity contribution in [2.75, 3.05) is 12.4 Å². The highest BCUT2D eigenvalue weighted by Crippen LogP contribution is 2.22. The highest BCUT2D eigenvalue weighted by atomic mass is 35.5. The first-order chi connectivity index (χ1) is 11.9. The Bertz CT molecular complexity index is 779. The summed E-state index contributed by atoms with van der Waals surface area (Å²) in [5.74, 6) is -0.388. The molecule has 2 rings (SSSR count). The van der Waals surface area contributed by atoms with Crippen LogP contribution in [0.2, 0.25) is 10.0 Å². The van der Waals surface area contributed by atoms with Crippen LogP contribution in [-0.2, 0) is 20.7 Å². The minimum absolute atomic E-state index is 0.0488. The molecule has 0 aliphatic heterocycles. The number of hydrogen-bond acceptors (Lipinski definition) is 4. The monoisotopic (exact) mass is 381 g/mol. The summed E-state index contributed by atoms with van der Waals surface area (Å²) in [6.45, 7) is 1.50. The van der Waals surface area contributed by atoms with Crippen molar-refractivity contribution < 1.29 is 19.1 Å². The van der Waals surface area contributed by atoms with Gasteiger partial charge >= 0.3 is 5.97 Å². The first kappa shape index (κ1) is 19.1. The summed E-state index contributed by atoms with van der Waals surface area (Å²) in [5, 5.41) is 3.52. The third-order valence-corrected chi connectivity index (χ3v) is 3.95. The van der Waals surface area contributed by atoms with Crippen molar-refractivity contribution in [3.8, 4) is 5.75 Å². The van der Waals surface area contributed by atoms with Crippen molar-refractivity contribution >= 4 is 40.8 Å². The van der Waals surface area contributed by atoms with E-state index in [0.717, 1.165) is 0 Å². The molecule has 132 valence electrons. The van der Waals surface area contributed by atoms with E-state index in [0.29, 0.717) is 27.0 Å². The van der Waals surface area contributed by atoms with Gasteiger partial charge in [-0.1, -0.05) is 35.3 Å². The zero-order chi connectivity index (χ0) is 18.4. The number of ether oxygens (including phenoxy) is 2. The van der Waals surface area contributed by atoms with Gasteiger partial charge < -0.3 is 14.8 Å². The van der Waals surface area contributed by atoms with E-state index in [9.17, 15) is 9.59 Å². The van der Waals surface area contributed by atoms with Gasteiger partial charge in [-0.25, -0.2) is 0 Å². The van der Waals surface area contributed by atoms with Crippen LogP contribution in [0.25, 0.3) is 0 Å². The number of methoxy groups -OCH3 is 1. The summed E-state index contributed by atoms with van der Waals surface area (Å²) < 4.78 is 10.2. The van der Waals surface area contributed by atoms with Crippen molar-refractivity contribution in [1.82, 2.24) is 0 Å². The van der Waals surface area contributed by atoms with Crippen LogP contribution in [0.3, 0.4) is 0 Å². The van der Waals surface area contributed by atoms with Crippen LogP contribution in [0.1, 0.15) is 12.5 Å². The van der Waals surface area contributed by atoms with Gasteiger partial charge in [0.2, 0.25) is 0 Å². The number of benzene rings is 2. The van der Waals surface area contributed by atoms with E-state index in [1.165, 1.54) is 14.0 Å². The van der Waals surface area contributed by atoms with Gasteiger partial charge in [0.1, 0.15) is 5.75 Å². The van der Waals surface area contributed by atoms with E-state index in [2.05, 4.69) is 5.32 Å². The molecule has 25 heavy (non-hydrogen) atoms. The zero-order valence-corrected chi connectivity index (χ0v) is 15.2. The van der Waals surface area contributed by atoms with Crippen molar-refractivity contribution in [2.24, 2.45) is 0 Å². The molecule has 0 spiro atoms. The number of esters is 1. The van der Waals surface area contributed by atoms with Crippen LogP contribution >= 0.6 is 23.2 Å². The SMILES string of the molecule is COc1cccc(NC(=O)[C@H](C)OC(=O)Cc2ccc(Cl)cc2Cl)c1. The van der Waals surface area contributed by atoms with Gasteiger partial charge in [-0.3, -0.25) is 9.59 Å². The van der Waals surface area contributed by atoms with Crippen molar-refractivity contribution in [3.05, 3.63) is 58.1 Å². The van der Waals surface area contributed by atoms with Crippen LogP contribution in [0.4, 0.5) is 5.69 Å². The molecule has 0 fully saturated rings. The summed E-state index contributed by atoms with van der Waals surface area (Å²) in [4.78, 5) is 24.1. The number of anilines is 1. The second-order valence-electron chi connectivity index (χ2n) is 5.27. The van der Waals surface area contributed by atoms with E-state index in [1.807, 2.05) is 0 Å². The normalized spacial score (nSPS) is 11.5. The Morgan fingerprint density at radius 1 is 1.16 bits per heavy atom. The summed E-state index contributed by atoms with van der Waals surface area (Å²) in [6, 6.07) is 11.7. The van der Waals surface area contributed by atoms with Crippen LogP contribution in [-0.4, -0.2) is 25.1 Å². The number of carbonyl (C=O) groups is 2. The van der Waals surface area contributed by atoms with Gasteiger partial charge in [-0.05, 0) is 36.8 Å². The first-order valence-corrected chi connectivity index (χ1v) is 8.23. The zero-order valence-electron chi connectivity index (χ0n) is 13.7.